The molecule has 2 amide bonds. The van der Waals surface area contributed by atoms with Gasteiger partial charge in [0.15, 0.2) is 0 Å². The third-order valence-corrected chi connectivity index (χ3v) is 5.17. The Morgan fingerprint density at radius 1 is 1.21 bits per heavy atom. The first kappa shape index (κ1) is 21.1. The lowest BCUT2D eigenvalue weighted by Gasteiger charge is -2.23. The fraction of sp³-hybridized carbons (Fsp3) is 0.455. The number of hydrogen-bond acceptors (Lipinski definition) is 5. The molecule has 2 aromatic rings. The second-order valence-corrected chi connectivity index (χ2v) is 7.86. The summed E-state index contributed by atoms with van der Waals surface area (Å²) in [6.45, 7) is 4.07. The number of amides is 2. The monoisotopic (exact) mass is 397 g/mol. The molecule has 1 aromatic carbocycles. The van der Waals surface area contributed by atoms with Gasteiger partial charge in [-0.15, -0.1) is 0 Å². The van der Waals surface area contributed by atoms with E-state index in [4.69, 9.17) is 4.74 Å². The molecule has 2 heterocycles. The molecule has 7 nitrogen and oxygen atoms in total. The van der Waals surface area contributed by atoms with E-state index in [0.717, 1.165) is 37.5 Å². The summed E-state index contributed by atoms with van der Waals surface area (Å²) in [6.07, 6.45) is 3.70. The van der Waals surface area contributed by atoms with Crippen LogP contribution in [-0.4, -0.2) is 67.7 Å². The molecule has 2 atom stereocenters. The average molecular weight is 398 g/mol. The number of pyridine rings is 1. The minimum absolute atomic E-state index is 0.116. The van der Waals surface area contributed by atoms with Crippen LogP contribution < -0.4 is 15.4 Å². The summed E-state index contributed by atoms with van der Waals surface area (Å²) in [5.74, 6) is 1.19. The van der Waals surface area contributed by atoms with Crippen LogP contribution >= 0.6 is 0 Å². The molecule has 0 aliphatic carbocycles. The Balaban J connectivity index is 1.53. The van der Waals surface area contributed by atoms with Gasteiger partial charge < -0.3 is 20.3 Å². The highest BCUT2D eigenvalue weighted by molar-refractivity contribution is 5.74. The molecule has 3 rings (SSSR count). The molecule has 156 valence electrons. The Labute approximate surface area is 173 Å². The highest BCUT2D eigenvalue weighted by Gasteiger charge is 2.34. The van der Waals surface area contributed by atoms with Gasteiger partial charge in [0.25, 0.3) is 0 Å². The SMILES string of the molecule is COc1ccc(CNC(=O)N[C@@H]2CN(Cc3cccnc3)C[C@H]2CN(C)C)cc1. The van der Waals surface area contributed by atoms with E-state index in [1.165, 1.54) is 5.56 Å². The largest absolute Gasteiger partial charge is 0.497 e. The standard InChI is InChI=1S/C22H31N5O2/c1-26(2)14-19-15-27(13-18-5-4-10-23-11-18)16-21(19)25-22(28)24-12-17-6-8-20(29-3)9-7-17/h4-11,19,21H,12-16H2,1-3H3,(H2,24,25,28)/t19-,21-/m1/s1. The van der Waals surface area contributed by atoms with E-state index in [0.29, 0.717) is 12.5 Å². The summed E-state index contributed by atoms with van der Waals surface area (Å²) < 4.78 is 5.17. The van der Waals surface area contributed by atoms with Crippen molar-refractivity contribution in [2.75, 3.05) is 40.8 Å². The number of rotatable bonds is 8. The maximum Gasteiger partial charge on any atom is 0.315 e. The van der Waals surface area contributed by atoms with Gasteiger partial charge in [-0.25, -0.2) is 4.79 Å². The first-order chi connectivity index (χ1) is 14.0. The summed E-state index contributed by atoms with van der Waals surface area (Å²) in [7, 11) is 5.79. The molecule has 1 saturated heterocycles. The van der Waals surface area contributed by atoms with E-state index < -0.39 is 0 Å². The summed E-state index contributed by atoms with van der Waals surface area (Å²) in [4.78, 5) is 21.3. The number of carbonyl (C=O) groups is 1. The lowest BCUT2D eigenvalue weighted by atomic mass is 10.0. The summed E-state index contributed by atoms with van der Waals surface area (Å²) in [5, 5.41) is 6.15. The molecule has 1 aliphatic heterocycles. The predicted octanol–water partition coefficient (Wildman–Crippen LogP) is 1.95. The number of ether oxygens (including phenoxy) is 1. The van der Waals surface area contributed by atoms with Crippen molar-refractivity contribution < 1.29 is 9.53 Å². The number of likely N-dealkylation sites (tertiary alicyclic amines) is 1. The Bertz CT molecular complexity index is 767. The van der Waals surface area contributed by atoms with E-state index in [1.54, 1.807) is 13.3 Å². The van der Waals surface area contributed by atoms with Crippen molar-refractivity contribution in [2.45, 2.75) is 19.1 Å². The molecule has 0 saturated carbocycles. The fourth-order valence-electron chi connectivity index (χ4n) is 3.80. The Morgan fingerprint density at radius 2 is 2.00 bits per heavy atom. The van der Waals surface area contributed by atoms with Crippen LogP contribution in [0.15, 0.2) is 48.8 Å². The predicted molar refractivity (Wildman–Crippen MR) is 114 cm³/mol. The lowest BCUT2D eigenvalue weighted by molar-refractivity contribution is 0.230. The maximum atomic E-state index is 12.5. The van der Waals surface area contributed by atoms with Gasteiger partial charge in [-0.1, -0.05) is 18.2 Å². The second kappa shape index (κ2) is 10.2. The third kappa shape index (κ3) is 6.44. The molecular weight excluding hydrogens is 366 g/mol. The maximum absolute atomic E-state index is 12.5. The molecule has 1 aromatic heterocycles. The van der Waals surface area contributed by atoms with Gasteiger partial charge in [0, 0.05) is 57.1 Å². The number of methoxy groups -OCH3 is 1. The summed E-state index contributed by atoms with van der Waals surface area (Å²) >= 11 is 0. The fourth-order valence-corrected chi connectivity index (χ4v) is 3.80. The highest BCUT2D eigenvalue weighted by atomic mass is 16.5. The topological polar surface area (TPSA) is 69.7 Å². The highest BCUT2D eigenvalue weighted by Crippen LogP contribution is 2.20. The molecule has 7 heteroatoms. The second-order valence-electron chi connectivity index (χ2n) is 7.86. The summed E-state index contributed by atoms with van der Waals surface area (Å²) in [6, 6.07) is 11.8. The van der Waals surface area contributed by atoms with Crippen LogP contribution in [0.4, 0.5) is 4.79 Å². The molecule has 1 fully saturated rings. The van der Waals surface area contributed by atoms with Crippen LogP contribution in [0.25, 0.3) is 0 Å². The quantitative estimate of drug-likeness (QED) is 0.713. The van der Waals surface area contributed by atoms with Crippen molar-refractivity contribution in [1.82, 2.24) is 25.4 Å². The Hall–Kier alpha value is -2.64. The average Bonchev–Trinajstić information content (AvgIpc) is 3.07. The number of urea groups is 1. The van der Waals surface area contributed by atoms with Crippen LogP contribution in [0, 0.1) is 5.92 Å². The van der Waals surface area contributed by atoms with Crippen LogP contribution in [0.2, 0.25) is 0 Å². The van der Waals surface area contributed by atoms with E-state index in [9.17, 15) is 4.79 Å². The summed E-state index contributed by atoms with van der Waals surface area (Å²) in [5.41, 5.74) is 2.23. The molecule has 29 heavy (non-hydrogen) atoms. The third-order valence-electron chi connectivity index (χ3n) is 5.17. The number of nitrogens with zero attached hydrogens (tertiary/aromatic N) is 3. The Kier molecular flexibility index (Phi) is 7.43. The van der Waals surface area contributed by atoms with E-state index in [2.05, 4.69) is 45.6 Å². The normalized spacial score (nSPS) is 19.3. The number of hydrogen-bond donors (Lipinski definition) is 2. The lowest BCUT2D eigenvalue weighted by Crippen LogP contribution is -2.47. The van der Waals surface area contributed by atoms with Gasteiger partial charge in [-0.05, 0) is 43.4 Å². The van der Waals surface area contributed by atoms with Crippen molar-refractivity contribution in [3.8, 4) is 5.75 Å². The molecule has 0 spiro atoms. The van der Waals surface area contributed by atoms with Crippen molar-refractivity contribution in [1.29, 1.82) is 0 Å². The van der Waals surface area contributed by atoms with Crippen molar-refractivity contribution in [2.24, 2.45) is 5.92 Å². The van der Waals surface area contributed by atoms with Crippen LogP contribution in [0.1, 0.15) is 11.1 Å². The van der Waals surface area contributed by atoms with Gasteiger partial charge in [0.2, 0.25) is 0 Å². The van der Waals surface area contributed by atoms with Crippen molar-refractivity contribution >= 4 is 6.03 Å². The smallest absolute Gasteiger partial charge is 0.315 e. The zero-order chi connectivity index (χ0) is 20.6. The molecule has 0 radical (unpaired) electrons. The molecular formula is C22H31N5O2. The van der Waals surface area contributed by atoms with Crippen LogP contribution in [0.5, 0.6) is 5.75 Å². The van der Waals surface area contributed by atoms with Gasteiger partial charge in [0.1, 0.15) is 5.75 Å². The molecule has 0 unspecified atom stereocenters. The van der Waals surface area contributed by atoms with Gasteiger partial charge in [-0.2, -0.15) is 0 Å². The van der Waals surface area contributed by atoms with Crippen LogP contribution in [0.3, 0.4) is 0 Å². The minimum atomic E-state index is -0.127. The molecule has 1 aliphatic rings. The molecule has 2 N–H and O–H groups in total. The minimum Gasteiger partial charge on any atom is -0.497 e. The number of carbonyl (C=O) groups excluding carboxylic acids is 1. The number of nitrogens with one attached hydrogen (secondary N) is 2. The number of aromatic nitrogens is 1. The van der Waals surface area contributed by atoms with Crippen LogP contribution in [-0.2, 0) is 13.1 Å². The Morgan fingerprint density at radius 3 is 2.66 bits per heavy atom. The zero-order valence-corrected chi connectivity index (χ0v) is 17.5. The number of benzene rings is 1. The van der Waals surface area contributed by atoms with E-state index in [1.807, 2.05) is 36.5 Å². The van der Waals surface area contributed by atoms with Gasteiger partial charge in [-0.3, -0.25) is 9.88 Å². The van der Waals surface area contributed by atoms with Crippen molar-refractivity contribution in [3.05, 3.63) is 59.9 Å². The first-order valence-corrected chi connectivity index (χ1v) is 9.97. The van der Waals surface area contributed by atoms with Crippen molar-refractivity contribution in [3.63, 3.8) is 0 Å². The van der Waals surface area contributed by atoms with Gasteiger partial charge in [0.05, 0.1) is 7.11 Å². The van der Waals surface area contributed by atoms with Gasteiger partial charge >= 0.3 is 6.03 Å². The zero-order valence-electron chi connectivity index (χ0n) is 17.5. The van der Waals surface area contributed by atoms with E-state index in [-0.39, 0.29) is 12.1 Å². The first-order valence-electron chi connectivity index (χ1n) is 9.97. The van der Waals surface area contributed by atoms with E-state index >= 15 is 0 Å². The molecule has 0 bridgehead atoms.